The zero-order valence-electron chi connectivity index (χ0n) is 10.5. The monoisotopic (exact) mass is 264 g/mol. The molecule has 0 saturated carbocycles. The van der Waals surface area contributed by atoms with Gasteiger partial charge in [-0.2, -0.15) is 4.99 Å². The van der Waals surface area contributed by atoms with Crippen molar-refractivity contribution in [1.29, 1.82) is 0 Å². The normalized spacial score (nSPS) is 17.3. The van der Waals surface area contributed by atoms with Gasteiger partial charge in [-0.1, -0.05) is 13.0 Å². The fourth-order valence-electron chi connectivity index (χ4n) is 1.51. The van der Waals surface area contributed by atoms with E-state index >= 15 is 0 Å². The largest absolute Gasteiger partial charge is 0.454 e. The van der Waals surface area contributed by atoms with Gasteiger partial charge < -0.3 is 4.74 Å². The molecular formula is C13H16N2O2S. The van der Waals surface area contributed by atoms with Crippen LogP contribution in [0.15, 0.2) is 34.2 Å². The summed E-state index contributed by atoms with van der Waals surface area (Å²) in [5.41, 5.74) is 0.813. The predicted molar refractivity (Wildman–Crippen MR) is 73.3 cm³/mol. The molecule has 1 aliphatic heterocycles. The van der Waals surface area contributed by atoms with E-state index in [-0.39, 0.29) is 12.5 Å². The third-order valence-electron chi connectivity index (χ3n) is 2.50. The molecule has 0 N–H and O–H groups in total. The van der Waals surface area contributed by atoms with Crippen molar-refractivity contribution in [3.63, 3.8) is 0 Å². The number of aliphatic imine (C=N–C) groups is 1. The lowest BCUT2D eigenvalue weighted by molar-refractivity contribution is -0.124. The number of hydrogen-bond acceptors (Lipinski definition) is 4. The van der Waals surface area contributed by atoms with Gasteiger partial charge in [0.2, 0.25) is 0 Å². The highest BCUT2D eigenvalue weighted by atomic mass is 32.2. The molecule has 1 fully saturated rings. The molecule has 96 valence electrons. The molecule has 1 saturated heterocycles. The van der Waals surface area contributed by atoms with E-state index in [9.17, 15) is 4.79 Å². The molecule has 1 heterocycles. The van der Waals surface area contributed by atoms with Gasteiger partial charge >= 0.3 is 0 Å². The molecule has 0 atom stereocenters. The van der Waals surface area contributed by atoms with Crippen LogP contribution in [0.5, 0.6) is 0 Å². The second-order valence-electron chi connectivity index (χ2n) is 3.98. The molecule has 1 aliphatic rings. The van der Waals surface area contributed by atoms with E-state index in [1.165, 1.54) is 9.80 Å². The minimum atomic E-state index is -0.0646. The number of benzene rings is 1. The summed E-state index contributed by atoms with van der Waals surface area (Å²) in [6.07, 6.45) is 1.14. The first-order valence-corrected chi connectivity index (χ1v) is 6.90. The lowest BCUT2D eigenvalue weighted by Gasteiger charge is -2.06. The van der Waals surface area contributed by atoms with Gasteiger partial charge in [0.1, 0.15) is 0 Å². The van der Waals surface area contributed by atoms with Gasteiger partial charge in [0.05, 0.1) is 5.69 Å². The van der Waals surface area contributed by atoms with Crippen LogP contribution < -0.4 is 0 Å². The molecule has 0 unspecified atom stereocenters. The molecule has 0 aliphatic carbocycles. The number of nitrogens with zero attached hydrogens (tertiary/aromatic N) is 2. The third kappa shape index (κ3) is 3.04. The third-order valence-corrected chi connectivity index (χ3v) is 3.70. The first-order chi connectivity index (χ1) is 8.70. The Morgan fingerprint density at radius 1 is 1.50 bits per heavy atom. The molecule has 4 nitrogen and oxygen atoms in total. The fraction of sp³-hybridized carbons (Fsp3) is 0.385. The summed E-state index contributed by atoms with van der Waals surface area (Å²) in [5, 5.41) is 0. The van der Waals surface area contributed by atoms with Crippen molar-refractivity contribution in [2.24, 2.45) is 4.99 Å². The zero-order valence-corrected chi connectivity index (χ0v) is 11.4. The smallest absolute Gasteiger partial charge is 0.299 e. The number of hydrogen-bond donors (Lipinski definition) is 0. The molecular weight excluding hydrogens is 248 g/mol. The highest BCUT2D eigenvalue weighted by Crippen LogP contribution is 2.24. The molecule has 0 radical (unpaired) electrons. The molecule has 0 aromatic heterocycles. The van der Waals surface area contributed by atoms with E-state index in [2.05, 4.69) is 18.0 Å². The number of amides is 1. The van der Waals surface area contributed by atoms with Crippen molar-refractivity contribution in [2.75, 3.05) is 19.4 Å². The number of rotatable bonds is 4. The first-order valence-electron chi connectivity index (χ1n) is 5.91. The van der Waals surface area contributed by atoms with E-state index < -0.39 is 0 Å². The van der Waals surface area contributed by atoms with Crippen molar-refractivity contribution in [3.8, 4) is 0 Å². The second-order valence-corrected chi connectivity index (χ2v) is 5.15. The fourth-order valence-corrected chi connectivity index (χ4v) is 2.33. The molecule has 0 spiro atoms. The number of ether oxygens (including phenoxy) is 1. The Kier molecular flexibility index (Phi) is 4.25. The number of thioether (sulfide) groups is 1. The topological polar surface area (TPSA) is 41.9 Å². The molecule has 1 aromatic carbocycles. The number of carbonyl (C=O) groups excluding carboxylic acids is 1. The van der Waals surface area contributed by atoms with Gasteiger partial charge in [-0.3, -0.25) is 9.69 Å². The number of amidine groups is 1. The zero-order chi connectivity index (χ0) is 13.0. The van der Waals surface area contributed by atoms with Crippen LogP contribution in [-0.2, 0) is 9.53 Å². The van der Waals surface area contributed by atoms with Crippen molar-refractivity contribution in [3.05, 3.63) is 24.3 Å². The summed E-state index contributed by atoms with van der Waals surface area (Å²) in [7, 11) is 1.67. The van der Waals surface area contributed by atoms with Crippen LogP contribution in [0, 0.1) is 0 Å². The van der Waals surface area contributed by atoms with Crippen LogP contribution in [0.1, 0.15) is 13.3 Å². The van der Waals surface area contributed by atoms with Gasteiger partial charge in [-0.15, -0.1) is 11.8 Å². The standard InChI is InChI=1S/C13H16N2O2S/c1-3-7-18-11-6-4-5-10(8-11)14-13-15(2)12(16)9-17-13/h4-6,8H,3,7,9H2,1-2H3. The van der Waals surface area contributed by atoms with Crippen molar-refractivity contribution < 1.29 is 9.53 Å². The summed E-state index contributed by atoms with van der Waals surface area (Å²) >= 11 is 1.80. The molecule has 1 aromatic rings. The van der Waals surface area contributed by atoms with Gasteiger partial charge in [0, 0.05) is 11.9 Å². The summed E-state index contributed by atoms with van der Waals surface area (Å²) < 4.78 is 5.22. The average molecular weight is 264 g/mol. The Bertz CT molecular complexity index is 474. The van der Waals surface area contributed by atoms with Gasteiger partial charge in [0.15, 0.2) is 6.61 Å². The maximum Gasteiger partial charge on any atom is 0.299 e. The number of carbonyl (C=O) groups is 1. The van der Waals surface area contributed by atoms with Crippen molar-refractivity contribution in [2.45, 2.75) is 18.2 Å². The Labute approximate surface area is 111 Å². The summed E-state index contributed by atoms with van der Waals surface area (Å²) in [4.78, 5) is 18.3. The summed E-state index contributed by atoms with van der Waals surface area (Å²) in [6.45, 7) is 2.24. The number of likely N-dealkylation sites (N-methyl/N-ethyl adjacent to an activating group) is 1. The van der Waals surface area contributed by atoms with Crippen LogP contribution >= 0.6 is 11.8 Å². The summed E-state index contributed by atoms with van der Waals surface area (Å²) in [6, 6.07) is 8.32. The predicted octanol–water partition coefficient (Wildman–Crippen LogP) is 2.66. The second kappa shape index (κ2) is 5.91. The highest BCUT2D eigenvalue weighted by Gasteiger charge is 2.25. The Morgan fingerprint density at radius 2 is 2.33 bits per heavy atom. The van der Waals surface area contributed by atoms with Crippen LogP contribution in [0.2, 0.25) is 0 Å². The average Bonchev–Trinajstić information content (AvgIpc) is 2.69. The van der Waals surface area contributed by atoms with Crippen LogP contribution in [0.3, 0.4) is 0 Å². The van der Waals surface area contributed by atoms with E-state index in [0.717, 1.165) is 17.9 Å². The maximum atomic E-state index is 11.3. The van der Waals surface area contributed by atoms with Crippen LogP contribution in [0.25, 0.3) is 0 Å². The lowest BCUT2D eigenvalue weighted by Crippen LogP contribution is -2.24. The Balaban J connectivity index is 2.14. The van der Waals surface area contributed by atoms with E-state index in [1.807, 2.05) is 18.2 Å². The maximum absolute atomic E-state index is 11.3. The first kappa shape index (κ1) is 13.0. The quantitative estimate of drug-likeness (QED) is 0.785. The highest BCUT2D eigenvalue weighted by molar-refractivity contribution is 7.99. The minimum absolute atomic E-state index is 0.0646. The van der Waals surface area contributed by atoms with E-state index in [4.69, 9.17) is 4.74 Å². The molecule has 1 amide bonds. The van der Waals surface area contributed by atoms with Gasteiger partial charge in [-0.05, 0) is 30.4 Å². The van der Waals surface area contributed by atoms with E-state index in [1.54, 1.807) is 18.8 Å². The van der Waals surface area contributed by atoms with Gasteiger partial charge in [-0.25, -0.2) is 0 Å². The van der Waals surface area contributed by atoms with Crippen LogP contribution in [0.4, 0.5) is 5.69 Å². The lowest BCUT2D eigenvalue weighted by atomic mass is 10.3. The Morgan fingerprint density at radius 3 is 3.00 bits per heavy atom. The molecule has 5 heteroatoms. The van der Waals surface area contributed by atoms with Crippen molar-refractivity contribution >= 4 is 29.4 Å². The van der Waals surface area contributed by atoms with E-state index in [0.29, 0.717) is 6.02 Å². The summed E-state index contributed by atoms with van der Waals surface area (Å²) in [5.74, 6) is 1.03. The van der Waals surface area contributed by atoms with Crippen LogP contribution in [-0.4, -0.2) is 36.2 Å². The molecule has 2 rings (SSSR count). The van der Waals surface area contributed by atoms with Gasteiger partial charge in [0.25, 0.3) is 11.9 Å². The molecule has 0 bridgehead atoms. The minimum Gasteiger partial charge on any atom is -0.454 e. The molecule has 18 heavy (non-hydrogen) atoms. The SMILES string of the molecule is CCCSc1cccc(N=C2OCC(=O)N2C)c1. The van der Waals surface area contributed by atoms with Crippen molar-refractivity contribution in [1.82, 2.24) is 4.90 Å². The Hall–Kier alpha value is -1.49.